The van der Waals surface area contributed by atoms with Gasteiger partial charge < -0.3 is 19.3 Å². The first-order valence-corrected chi connectivity index (χ1v) is 8.39. The molecule has 0 radical (unpaired) electrons. The van der Waals surface area contributed by atoms with Gasteiger partial charge in [-0.25, -0.2) is 0 Å². The Morgan fingerprint density at radius 2 is 1.46 bits per heavy atom. The molecule has 1 aliphatic heterocycles. The van der Waals surface area contributed by atoms with Gasteiger partial charge in [0, 0.05) is 20.3 Å². The fourth-order valence-corrected chi connectivity index (χ4v) is 3.53. The third-order valence-electron chi connectivity index (χ3n) is 4.62. The van der Waals surface area contributed by atoms with Crippen molar-refractivity contribution in [2.45, 2.75) is 24.5 Å². The average Bonchev–Trinajstić information content (AvgIpc) is 3.20. The highest BCUT2D eigenvalue weighted by Crippen LogP contribution is 2.40. The van der Waals surface area contributed by atoms with Crippen LogP contribution < -0.4 is 5.32 Å². The maximum Gasteiger partial charge on any atom is 0.639 e. The van der Waals surface area contributed by atoms with Crippen molar-refractivity contribution in [3.05, 3.63) is 71.8 Å². The van der Waals surface area contributed by atoms with Crippen LogP contribution in [-0.4, -0.2) is 34.1 Å². The zero-order chi connectivity index (χ0) is 16.8. The maximum absolute atomic E-state index is 6.49. The Kier molecular flexibility index (Phi) is 5.69. The fraction of sp³-hybridized carbons (Fsp3) is 0.368. The molecule has 0 saturated carbocycles. The van der Waals surface area contributed by atoms with E-state index >= 15 is 0 Å². The SMILES string of the molecule is COB(OC)OC(c1ccccc1)(c1ccccc1)[C@@H]1CCCN1. The summed E-state index contributed by atoms with van der Waals surface area (Å²) in [6.45, 7) is 0.986. The lowest BCUT2D eigenvalue weighted by Gasteiger charge is -2.41. The maximum atomic E-state index is 6.49. The van der Waals surface area contributed by atoms with Gasteiger partial charge in [0.1, 0.15) is 5.60 Å². The van der Waals surface area contributed by atoms with Crippen molar-refractivity contribution < 1.29 is 14.0 Å². The van der Waals surface area contributed by atoms with Gasteiger partial charge in [0.2, 0.25) is 0 Å². The van der Waals surface area contributed by atoms with E-state index in [1.165, 1.54) is 0 Å². The topological polar surface area (TPSA) is 39.7 Å². The Hall–Kier alpha value is -1.66. The van der Waals surface area contributed by atoms with Gasteiger partial charge in [0.15, 0.2) is 0 Å². The first-order valence-electron chi connectivity index (χ1n) is 8.39. The van der Waals surface area contributed by atoms with Crippen LogP contribution in [0.3, 0.4) is 0 Å². The van der Waals surface area contributed by atoms with Gasteiger partial charge in [-0.3, -0.25) is 0 Å². The molecule has 3 rings (SSSR count). The van der Waals surface area contributed by atoms with E-state index < -0.39 is 12.9 Å². The molecule has 5 heteroatoms. The highest BCUT2D eigenvalue weighted by molar-refractivity contribution is 6.36. The number of benzene rings is 2. The third-order valence-corrected chi connectivity index (χ3v) is 4.62. The molecule has 0 bridgehead atoms. The summed E-state index contributed by atoms with van der Waals surface area (Å²) in [6.07, 6.45) is 2.16. The molecule has 1 fully saturated rings. The Bertz CT molecular complexity index is 574. The minimum atomic E-state index is -0.743. The van der Waals surface area contributed by atoms with Crippen molar-refractivity contribution in [1.82, 2.24) is 5.32 Å². The predicted molar refractivity (Wildman–Crippen MR) is 95.5 cm³/mol. The second kappa shape index (κ2) is 7.95. The molecule has 1 saturated heterocycles. The summed E-state index contributed by atoms with van der Waals surface area (Å²) in [5.74, 6) is 0. The lowest BCUT2D eigenvalue weighted by molar-refractivity contribution is 0.00637. The summed E-state index contributed by atoms with van der Waals surface area (Å²) >= 11 is 0. The van der Waals surface area contributed by atoms with E-state index in [0.717, 1.165) is 30.5 Å². The largest absolute Gasteiger partial charge is 0.639 e. The van der Waals surface area contributed by atoms with Crippen LogP contribution in [0.2, 0.25) is 0 Å². The Morgan fingerprint density at radius 3 is 1.88 bits per heavy atom. The summed E-state index contributed by atoms with van der Waals surface area (Å²) in [5.41, 5.74) is 1.51. The molecule has 24 heavy (non-hydrogen) atoms. The molecule has 0 unspecified atom stereocenters. The van der Waals surface area contributed by atoms with Gasteiger partial charge in [0.25, 0.3) is 0 Å². The van der Waals surface area contributed by atoms with Crippen LogP contribution in [0.5, 0.6) is 0 Å². The molecule has 0 aliphatic carbocycles. The third kappa shape index (κ3) is 3.26. The van der Waals surface area contributed by atoms with Gasteiger partial charge in [0.05, 0.1) is 0 Å². The van der Waals surface area contributed by atoms with Crippen molar-refractivity contribution in [2.24, 2.45) is 0 Å². The van der Waals surface area contributed by atoms with Gasteiger partial charge >= 0.3 is 7.32 Å². The summed E-state index contributed by atoms with van der Waals surface area (Å²) in [5, 5.41) is 3.61. The minimum Gasteiger partial charge on any atom is -0.389 e. The van der Waals surface area contributed by atoms with Crippen LogP contribution in [0, 0.1) is 0 Å². The van der Waals surface area contributed by atoms with Crippen LogP contribution in [0.1, 0.15) is 24.0 Å². The average molecular weight is 325 g/mol. The Balaban J connectivity index is 2.15. The molecule has 1 N–H and O–H groups in total. The lowest BCUT2D eigenvalue weighted by atomic mass is 9.78. The van der Waals surface area contributed by atoms with Crippen LogP contribution in [-0.2, 0) is 19.6 Å². The zero-order valence-corrected chi connectivity index (χ0v) is 14.3. The van der Waals surface area contributed by atoms with E-state index in [2.05, 4.69) is 29.6 Å². The smallest absolute Gasteiger partial charge is 0.389 e. The summed E-state index contributed by atoms with van der Waals surface area (Å²) in [6, 6.07) is 20.8. The molecule has 2 aromatic rings. The van der Waals surface area contributed by atoms with Gasteiger partial charge in [-0.05, 0) is 30.5 Å². The number of hydrogen-bond donors (Lipinski definition) is 1. The highest BCUT2D eigenvalue weighted by atomic mass is 16.7. The van der Waals surface area contributed by atoms with Crippen molar-refractivity contribution in [1.29, 1.82) is 0 Å². The van der Waals surface area contributed by atoms with Crippen molar-refractivity contribution in [2.75, 3.05) is 20.8 Å². The Morgan fingerprint density at radius 1 is 0.917 bits per heavy atom. The van der Waals surface area contributed by atoms with Gasteiger partial charge in [-0.2, -0.15) is 0 Å². The molecular weight excluding hydrogens is 301 g/mol. The van der Waals surface area contributed by atoms with Crippen LogP contribution >= 0.6 is 0 Å². The summed E-state index contributed by atoms with van der Waals surface area (Å²) in [7, 11) is 2.45. The van der Waals surface area contributed by atoms with E-state index in [1.54, 1.807) is 14.2 Å². The molecule has 0 aromatic heterocycles. The van der Waals surface area contributed by atoms with E-state index in [1.807, 2.05) is 36.4 Å². The van der Waals surface area contributed by atoms with Gasteiger partial charge in [-0.1, -0.05) is 60.7 Å². The molecule has 0 spiro atoms. The molecule has 1 heterocycles. The normalized spacial score (nSPS) is 17.8. The summed E-state index contributed by atoms with van der Waals surface area (Å²) < 4.78 is 17.3. The second-order valence-corrected chi connectivity index (χ2v) is 5.99. The minimum absolute atomic E-state index is 0.148. The monoisotopic (exact) mass is 325 g/mol. The number of hydrogen-bond acceptors (Lipinski definition) is 4. The molecule has 0 amide bonds. The first kappa shape index (κ1) is 17.2. The van der Waals surface area contributed by atoms with Gasteiger partial charge in [-0.15, -0.1) is 0 Å². The van der Waals surface area contributed by atoms with Crippen molar-refractivity contribution in [3.8, 4) is 0 Å². The summed E-state index contributed by atoms with van der Waals surface area (Å²) in [4.78, 5) is 0. The standard InChI is InChI=1S/C19H24BNO3/c1-22-20(23-2)24-19(18-14-9-15-21-18,16-10-5-3-6-11-16)17-12-7-4-8-13-17/h3-8,10-13,18,21H,9,14-15H2,1-2H3/t18-/m0/s1. The quantitative estimate of drug-likeness (QED) is 0.795. The highest BCUT2D eigenvalue weighted by Gasteiger charge is 2.47. The van der Waals surface area contributed by atoms with Crippen LogP contribution in [0.4, 0.5) is 0 Å². The van der Waals surface area contributed by atoms with E-state index in [0.29, 0.717) is 0 Å². The number of rotatable bonds is 7. The molecule has 1 aliphatic rings. The molecule has 2 aromatic carbocycles. The molecule has 4 nitrogen and oxygen atoms in total. The van der Waals surface area contributed by atoms with E-state index in [-0.39, 0.29) is 6.04 Å². The Labute approximate surface area is 144 Å². The molecule has 126 valence electrons. The van der Waals surface area contributed by atoms with Crippen molar-refractivity contribution in [3.63, 3.8) is 0 Å². The van der Waals surface area contributed by atoms with E-state index in [9.17, 15) is 0 Å². The predicted octanol–water partition coefficient (Wildman–Crippen LogP) is 2.98. The van der Waals surface area contributed by atoms with E-state index in [4.69, 9.17) is 14.0 Å². The molecular formula is C19H24BNO3. The van der Waals surface area contributed by atoms with Crippen LogP contribution in [0.25, 0.3) is 0 Å². The molecule has 1 atom stereocenters. The first-order chi connectivity index (χ1) is 11.8. The fourth-order valence-electron chi connectivity index (χ4n) is 3.53. The number of nitrogens with one attached hydrogen (secondary N) is 1. The van der Waals surface area contributed by atoms with Crippen molar-refractivity contribution >= 4 is 7.32 Å². The lowest BCUT2D eigenvalue weighted by Crippen LogP contribution is -2.52. The second-order valence-electron chi connectivity index (χ2n) is 5.99. The van der Waals surface area contributed by atoms with Crippen LogP contribution in [0.15, 0.2) is 60.7 Å². The zero-order valence-electron chi connectivity index (χ0n) is 14.3.